The van der Waals surface area contributed by atoms with Gasteiger partial charge in [-0.3, -0.25) is 9.69 Å². The van der Waals surface area contributed by atoms with Gasteiger partial charge in [0.15, 0.2) is 0 Å². The largest absolute Gasteiger partial charge is 0.457 e. The minimum absolute atomic E-state index is 0.0515. The van der Waals surface area contributed by atoms with Crippen molar-refractivity contribution in [3.05, 3.63) is 96.2 Å². The highest BCUT2D eigenvalue weighted by atomic mass is 16.5. The van der Waals surface area contributed by atoms with Crippen molar-refractivity contribution in [3.63, 3.8) is 0 Å². The quantitative estimate of drug-likeness (QED) is 0.366. The average Bonchev–Trinajstić information content (AvgIpc) is 3.25. The Morgan fingerprint density at radius 1 is 0.972 bits per heavy atom. The number of aromatic nitrogens is 1. The normalized spacial score (nSPS) is 15.0. The summed E-state index contributed by atoms with van der Waals surface area (Å²) >= 11 is 0. The standard InChI is InChI=1S/C30H33N3O3/c1-32-22-28(26-12-5-6-13-29(26)32)27(21-30(34)31-14-15-33-16-18-35-19-17-33)23-8-7-11-25(20-23)36-24-9-3-2-4-10-24/h2-13,20,22,27H,14-19,21H2,1H3,(H,31,34). The van der Waals surface area contributed by atoms with Gasteiger partial charge in [0.05, 0.1) is 13.2 Å². The molecule has 2 heterocycles. The lowest BCUT2D eigenvalue weighted by molar-refractivity contribution is -0.121. The number of fused-ring (bicyclic) bond motifs is 1. The van der Waals surface area contributed by atoms with Crippen molar-refractivity contribution < 1.29 is 14.3 Å². The summed E-state index contributed by atoms with van der Waals surface area (Å²) in [4.78, 5) is 15.5. The van der Waals surface area contributed by atoms with Crippen LogP contribution in [0.3, 0.4) is 0 Å². The summed E-state index contributed by atoms with van der Waals surface area (Å²) < 4.78 is 13.7. The molecule has 0 aliphatic carbocycles. The fourth-order valence-electron chi connectivity index (χ4n) is 4.91. The smallest absolute Gasteiger partial charge is 0.220 e. The maximum absolute atomic E-state index is 13.2. The van der Waals surface area contributed by atoms with Gasteiger partial charge in [0.1, 0.15) is 11.5 Å². The SMILES string of the molecule is Cn1cc(C(CC(=O)NCCN2CCOCC2)c2cccc(Oc3ccccc3)c2)c2ccccc21. The van der Waals surface area contributed by atoms with E-state index in [2.05, 4.69) is 58.4 Å². The van der Waals surface area contributed by atoms with Crippen molar-refractivity contribution in [2.24, 2.45) is 7.05 Å². The Labute approximate surface area is 212 Å². The van der Waals surface area contributed by atoms with E-state index in [-0.39, 0.29) is 11.8 Å². The first kappa shape index (κ1) is 24.1. The zero-order valence-corrected chi connectivity index (χ0v) is 20.7. The third kappa shape index (κ3) is 5.78. The van der Waals surface area contributed by atoms with Gasteiger partial charge in [0.2, 0.25) is 5.91 Å². The van der Waals surface area contributed by atoms with Gasteiger partial charge in [-0.15, -0.1) is 0 Å². The molecule has 6 nitrogen and oxygen atoms in total. The number of rotatable bonds is 9. The van der Waals surface area contributed by atoms with E-state index in [1.807, 2.05) is 48.5 Å². The van der Waals surface area contributed by atoms with Crippen molar-refractivity contribution in [2.45, 2.75) is 12.3 Å². The van der Waals surface area contributed by atoms with Gasteiger partial charge in [0, 0.05) is 62.7 Å². The second kappa shape index (κ2) is 11.4. The van der Waals surface area contributed by atoms with Crippen LogP contribution in [-0.2, 0) is 16.6 Å². The lowest BCUT2D eigenvalue weighted by Gasteiger charge is -2.26. The number of benzene rings is 3. The molecular weight excluding hydrogens is 450 g/mol. The van der Waals surface area contributed by atoms with Crippen LogP contribution >= 0.6 is 0 Å². The van der Waals surface area contributed by atoms with Gasteiger partial charge >= 0.3 is 0 Å². The molecule has 1 unspecified atom stereocenters. The van der Waals surface area contributed by atoms with Gasteiger partial charge in [-0.1, -0.05) is 48.5 Å². The second-order valence-electron chi connectivity index (χ2n) is 9.26. The number of aryl methyl sites for hydroxylation is 1. The first-order valence-corrected chi connectivity index (χ1v) is 12.6. The van der Waals surface area contributed by atoms with E-state index < -0.39 is 0 Å². The first-order chi connectivity index (χ1) is 17.7. The maximum atomic E-state index is 13.2. The van der Waals surface area contributed by atoms with Crippen LogP contribution in [0, 0.1) is 0 Å². The summed E-state index contributed by atoms with van der Waals surface area (Å²) in [6.45, 7) is 4.84. The first-order valence-electron chi connectivity index (χ1n) is 12.6. The van der Waals surface area contributed by atoms with Crippen molar-refractivity contribution in [1.29, 1.82) is 0 Å². The van der Waals surface area contributed by atoms with E-state index in [0.29, 0.717) is 13.0 Å². The van der Waals surface area contributed by atoms with Crippen LogP contribution < -0.4 is 10.1 Å². The number of morpholine rings is 1. The fourth-order valence-corrected chi connectivity index (χ4v) is 4.91. The molecule has 0 bridgehead atoms. The molecule has 0 spiro atoms. The highest BCUT2D eigenvalue weighted by Gasteiger charge is 2.23. The Bertz CT molecular complexity index is 1300. The van der Waals surface area contributed by atoms with Crippen LogP contribution in [0.25, 0.3) is 10.9 Å². The summed E-state index contributed by atoms with van der Waals surface area (Å²) in [5, 5.41) is 4.32. The minimum atomic E-state index is -0.0983. The zero-order chi connectivity index (χ0) is 24.7. The van der Waals surface area contributed by atoms with E-state index in [0.717, 1.165) is 61.0 Å². The van der Waals surface area contributed by atoms with Crippen molar-refractivity contribution in [3.8, 4) is 11.5 Å². The number of carbonyl (C=O) groups is 1. The van der Waals surface area contributed by atoms with E-state index in [1.165, 1.54) is 5.39 Å². The number of ether oxygens (including phenoxy) is 2. The third-order valence-electron chi connectivity index (χ3n) is 6.79. The summed E-state index contributed by atoms with van der Waals surface area (Å²) in [5.74, 6) is 1.50. The monoisotopic (exact) mass is 483 g/mol. The molecule has 5 rings (SSSR count). The molecule has 1 N–H and O–H groups in total. The predicted molar refractivity (Wildman–Crippen MR) is 143 cm³/mol. The fraction of sp³-hybridized carbons (Fsp3) is 0.300. The van der Waals surface area contributed by atoms with Crippen LogP contribution in [0.4, 0.5) is 0 Å². The molecular formula is C30H33N3O3. The number of para-hydroxylation sites is 2. The maximum Gasteiger partial charge on any atom is 0.220 e. The Hall–Kier alpha value is -3.61. The molecule has 1 aromatic heterocycles. The second-order valence-corrected chi connectivity index (χ2v) is 9.26. The lowest BCUT2D eigenvalue weighted by Crippen LogP contribution is -2.41. The summed E-state index contributed by atoms with van der Waals surface area (Å²) in [6.07, 6.45) is 2.52. The van der Waals surface area contributed by atoms with Gasteiger partial charge in [-0.05, 0) is 41.5 Å². The summed E-state index contributed by atoms with van der Waals surface area (Å²) in [7, 11) is 2.06. The van der Waals surface area contributed by atoms with Crippen molar-refractivity contribution >= 4 is 16.8 Å². The average molecular weight is 484 g/mol. The number of nitrogens with one attached hydrogen (secondary N) is 1. The molecule has 3 aromatic carbocycles. The van der Waals surface area contributed by atoms with Crippen molar-refractivity contribution in [1.82, 2.24) is 14.8 Å². The lowest BCUT2D eigenvalue weighted by atomic mass is 9.88. The topological polar surface area (TPSA) is 55.7 Å². The van der Waals surface area contributed by atoms with E-state index in [1.54, 1.807) is 0 Å². The van der Waals surface area contributed by atoms with Gasteiger partial charge in [-0.25, -0.2) is 0 Å². The highest BCUT2D eigenvalue weighted by Crippen LogP contribution is 2.36. The van der Waals surface area contributed by atoms with Crippen molar-refractivity contribution in [2.75, 3.05) is 39.4 Å². The molecule has 1 aliphatic heterocycles. The molecule has 1 saturated heterocycles. The molecule has 1 fully saturated rings. The number of hydrogen-bond donors (Lipinski definition) is 1. The molecule has 1 atom stereocenters. The summed E-state index contributed by atoms with van der Waals surface area (Å²) in [6, 6.07) is 26.2. The van der Waals surface area contributed by atoms with E-state index in [9.17, 15) is 4.79 Å². The zero-order valence-electron chi connectivity index (χ0n) is 20.7. The predicted octanol–water partition coefficient (Wildman–Crippen LogP) is 4.94. The summed E-state index contributed by atoms with van der Waals surface area (Å²) in [5.41, 5.74) is 3.36. The van der Waals surface area contributed by atoms with Crippen LogP contribution in [-0.4, -0.2) is 54.8 Å². The highest BCUT2D eigenvalue weighted by molar-refractivity contribution is 5.86. The van der Waals surface area contributed by atoms with Crippen LogP contribution in [0.2, 0.25) is 0 Å². The number of nitrogens with zero attached hydrogens (tertiary/aromatic N) is 2. The molecule has 1 aliphatic rings. The van der Waals surface area contributed by atoms with E-state index in [4.69, 9.17) is 9.47 Å². The minimum Gasteiger partial charge on any atom is -0.457 e. The van der Waals surface area contributed by atoms with Gasteiger partial charge in [0.25, 0.3) is 0 Å². The molecule has 36 heavy (non-hydrogen) atoms. The molecule has 0 radical (unpaired) electrons. The van der Waals surface area contributed by atoms with Crippen LogP contribution in [0.5, 0.6) is 11.5 Å². The number of hydrogen-bond acceptors (Lipinski definition) is 4. The van der Waals surface area contributed by atoms with Gasteiger partial charge in [-0.2, -0.15) is 0 Å². The molecule has 186 valence electrons. The Morgan fingerprint density at radius 3 is 2.56 bits per heavy atom. The number of carbonyl (C=O) groups excluding carboxylic acids is 1. The molecule has 6 heteroatoms. The Balaban J connectivity index is 1.38. The number of amides is 1. The van der Waals surface area contributed by atoms with E-state index >= 15 is 0 Å². The van der Waals surface area contributed by atoms with Gasteiger partial charge < -0.3 is 19.4 Å². The third-order valence-corrected chi connectivity index (χ3v) is 6.79. The molecule has 0 saturated carbocycles. The molecule has 4 aromatic rings. The van der Waals surface area contributed by atoms with Crippen LogP contribution in [0.1, 0.15) is 23.5 Å². The Kier molecular flexibility index (Phi) is 7.64. The molecule has 1 amide bonds. The Morgan fingerprint density at radius 2 is 1.72 bits per heavy atom. The van der Waals surface area contributed by atoms with Crippen LogP contribution in [0.15, 0.2) is 85.1 Å².